The number of anilines is 2. The van der Waals surface area contributed by atoms with Crippen LogP contribution in [0.25, 0.3) is 0 Å². The van der Waals surface area contributed by atoms with Gasteiger partial charge in [0.15, 0.2) is 0 Å². The molecule has 82 valence electrons. The maximum absolute atomic E-state index is 5.66. The van der Waals surface area contributed by atoms with E-state index in [0.717, 1.165) is 11.4 Å². The summed E-state index contributed by atoms with van der Waals surface area (Å²) >= 11 is 1.99. The van der Waals surface area contributed by atoms with Gasteiger partial charge < -0.3 is 11.1 Å². The Labute approximate surface area is 94.1 Å². The van der Waals surface area contributed by atoms with E-state index in [1.165, 1.54) is 18.6 Å². The maximum Gasteiger partial charge on any atom is 0.223 e. The van der Waals surface area contributed by atoms with Gasteiger partial charge in [-0.3, -0.25) is 0 Å². The summed E-state index contributed by atoms with van der Waals surface area (Å²) in [6, 6.07) is 0.506. The summed E-state index contributed by atoms with van der Waals surface area (Å²) in [5, 5.41) is 3.35. The molecule has 0 bridgehead atoms. The van der Waals surface area contributed by atoms with Crippen molar-refractivity contribution in [2.24, 2.45) is 0 Å². The molecule has 3 N–H and O–H groups in total. The smallest absolute Gasteiger partial charge is 0.223 e. The number of hydrogen-bond donors (Lipinski definition) is 2. The third-order valence-corrected chi connectivity index (χ3v) is 3.73. The average Bonchev–Trinajstić information content (AvgIpc) is 2.25. The highest BCUT2D eigenvalue weighted by atomic mass is 32.2. The van der Waals surface area contributed by atoms with Gasteiger partial charge in [-0.25, -0.2) is 9.97 Å². The molecule has 1 aliphatic rings. The molecule has 2 rings (SSSR count). The Morgan fingerprint density at radius 3 is 3.13 bits per heavy atom. The molecule has 2 heterocycles. The third kappa shape index (κ3) is 2.75. The van der Waals surface area contributed by atoms with Crippen LogP contribution in [0.4, 0.5) is 11.6 Å². The highest BCUT2D eigenvalue weighted by molar-refractivity contribution is 7.99. The Morgan fingerprint density at radius 2 is 2.47 bits per heavy atom. The van der Waals surface area contributed by atoms with Crippen LogP contribution in [0.1, 0.15) is 18.5 Å². The van der Waals surface area contributed by atoms with E-state index in [2.05, 4.69) is 15.3 Å². The standard InChI is InChI=1S/C10H16N4S/c1-7-9(11)5-12-10(13-7)14-8-3-2-4-15-6-8/h5,8H,2-4,6,11H2,1H3,(H,12,13,14). The van der Waals surface area contributed by atoms with Crippen molar-refractivity contribution in [3.8, 4) is 0 Å². The first-order chi connectivity index (χ1) is 7.25. The summed E-state index contributed by atoms with van der Waals surface area (Å²) in [7, 11) is 0. The molecule has 1 unspecified atom stereocenters. The minimum Gasteiger partial charge on any atom is -0.396 e. The lowest BCUT2D eigenvalue weighted by atomic mass is 10.2. The number of rotatable bonds is 2. The predicted molar refractivity (Wildman–Crippen MR) is 65.2 cm³/mol. The van der Waals surface area contributed by atoms with Crippen LogP contribution in [0.2, 0.25) is 0 Å². The van der Waals surface area contributed by atoms with Crippen LogP contribution in [-0.4, -0.2) is 27.5 Å². The van der Waals surface area contributed by atoms with Gasteiger partial charge in [0.1, 0.15) is 0 Å². The lowest BCUT2D eigenvalue weighted by molar-refractivity contribution is 0.678. The first-order valence-electron chi connectivity index (χ1n) is 5.19. The van der Waals surface area contributed by atoms with E-state index in [1.807, 2.05) is 18.7 Å². The molecule has 1 aliphatic heterocycles. The highest BCUT2D eigenvalue weighted by Gasteiger charge is 2.14. The van der Waals surface area contributed by atoms with Crippen LogP contribution in [-0.2, 0) is 0 Å². The molecule has 1 fully saturated rings. The van der Waals surface area contributed by atoms with Crippen LogP contribution in [0, 0.1) is 6.92 Å². The largest absolute Gasteiger partial charge is 0.396 e. The number of nitrogens with zero attached hydrogens (tertiary/aromatic N) is 2. The van der Waals surface area contributed by atoms with Gasteiger partial charge in [0, 0.05) is 11.8 Å². The van der Waals surface area contributed by atoms with Crippen molar-refractivity contribution in [1.82, 2.24) is 9.97 Å². The van der Waals surface area contributed by atoms with Crippen molar-refractivity contribution in [1.29, 1.82) is 0 Å². The van der Waals surface area contributed by atoms with Crippen LogP contribution >= 0.6 is 11.8 Å². The second kappa shape index (κ2) is 4.70. The minimum atomic E-state index is 0.506. The molecule has 1 saturated heterocycles. The molecule has 1 atom stereocenters. The highest BCUT2D eigenvalue weighted by Crippen LogP contribution is 2.19. The van der Waals surface area contributed by atoms with Crippen LogP contribution in [0.15, 0.2) is 6.20 Å². The van der Waals surface area contributed by atoms with Gasteiger partial charge in [-0.05, 0) is 25.5 Å². The molecule has 0 amide bonds. The summed E-state index contributed by atoms with van der Waals surface area (Å²) in [6.45, 7) is 1.90. The van der Waals surface area contributed by atoms with Gasteiger partial charge in [0.05, 0.1) is 17.6 Å². The zero-order chi connectivity index (χ0) is 10.7. The molecule has 0 aliphatic carbocycles. The summed E-state index contributed by atoms with van der Waals surface area (Å²) in [5.41, 5.74) is 7.16. The molecule has 0 saturated carbocycles. The number of aryl methyl sites for hydroxylation is 1. The molecule has 4 nitrogen and oxygen atoms in total. The Bertz CT molecular complexity index is 336. The molecular formula is C10H16N4S. The Balaban J connectivity index is 2.00. The summed E-state index contributed by atoms with van der Waals surface area (Å²) in [5.74, 6) is 3.13. The fourth-order valence-corrected chi connectivity index (χ4v) is 2.66. The first kappa shape index (κ1) is 10.5. The average molecular weight is 224 g/mol. The van der Waals surface area contributed by atoms with Gasteiger partial charge in [-0.2, -0.15) is 11.8 Å². The number of hydrogen-bond acceptors (Lipinski definition) is 5. The Hall–Kier alpha value is -0.970. The molecule has 0 aromatic carbocycles. The SMILES string of the molecule is Cc1nc(NC2CCCSC2)ncc1N. The Kier molecular flexibility index (Phi) is 3.30. The fourth-order valence-electron chi connectivity index (χ4n) is 1.58. The number of aromatic nitrogens is 2. The molecule has 5 heteroatoms. The number of nitrogens with one attached hydrogen (secondary N) is 1. The number of nitrogen functional groups attached to an aromatic ring is 1. The van der Waals surface area contributed by atoms with E-state index in [1.54, 1.807) is 6.20 Å². The normalized spacial score (nSPS) is 21.3. The van der Waals surface area contributed by atoms with E-state index in [0.29, 0.717) is 17.7 Å². The molecule has 1 aromatic heterocycles. The zero-order valence-electron chi connectivity index (χ0n) is 8.86. The van der Waals surface area contributed by atoms with Gasteiger partial charge in [-0.15, -0.1) is 0 Å². The maximum atomic E-state index is 5.66. The van der Waals surface area contributed by atoms with Crippen LogP contribution in [0.3, 0.4) is 0 Å². The molecular weight excluding hydrogens is 208 g/mol. The lowest BCUT2D eigenvalue weighted by Gasteiger charge is -2.22. The zero-order valence-corrected chi connectivity index (χ0v) is 9.68. The van der Waals surface area contributed by atoms with Crippen molar-refractivity contribution >= 4 is 23.4 Å². The topological polar surface area (TPSA) is 63.8 Å². The van der Waals surface area contributed by atoms with Crippen LogP contribution < -0.4 is 11.1 Å². The first-order valence-corrected chi connectivity index (χ1v) is 6.34. The minimum absolute atomic E-state index is 0.506. The van der Waals surface area contributed by atoms with Gasteiger partial charge in [0.2, 0.25) is 5.95 Å². The second-order valence-corrected chi connectivity index (χ2v) is 4.94. The monoisotopic (exact) mass is 224 g/mol. The van der Waals surface area contributed by atoms with E-state index in [-0.39, 0.29) is 0 Å². The van der Waals surface area contributed by atoms with Crippen LogP contribution in [0.5, 0.6) is 0 Å². The Morgan fingerprint density at radius 1 is 1.60 bits per heavy atom. The van der Waals surface area contributed by atoms with E-state index < -0.39 is 0 Å². The summed E-state index contributed by atoms with van der Waals surface area (Å²) in [6.07, 6.45) is 4.15. The molecule has 0 radical (unpaired) electrons. The third-order valence-electron chi connectivity index (χ3n) is 2.51. The summed E-state index contributed by atoms with van der Waals surface area (Å²) < 4.78 is 0. The molecule has 1 aromatic rings. The fraction of sp³-hybridized carbons (Fsp3) is 0.600. The lowest BCUT2D eigenvalue weighted by Crippen LogP contribution is -2.26. The van der Waals surface area contributed by atoms with Gasteiger partial charge in [-0.1, -0.05) is 0 Å². The van der Waals surface area contributed by atoms with E-state index in [4.69, 9.17) is 5.73 Å². The molecule has 15 heavy (non-hydrogen) atoms. The number of thioether (sulfide) groups is 1. The second-order valence-electron chi connectivity index (χ2n) is 3.79. The number of nitrogens with two attached hydrogens (primary N) is 1. The van der Waals surface area contributed by atoms with Crippen molar-refractivity contribution in [3.63, 3.8) is 0 Å². The van der Waals surface area contributed by atoms with Crippen molar-refractivity contribution in [3.05, 3.63) is 11.9 Å². The predicted octanol–water partition coefficient (Wildman–Crippen LogP) is 1.67. The summed E-state index contributed by atoms with van der Waals surface area (Å²) in [4.78, 5) is 8.49. The quantitative estimate of drug-likeness (QED) is 0.800. The molecule has 0 spiro atoms. The van der Waals surface area contributed by atoms with Crippen molar-refractivity contribution in [2.75, 3.05) is 22.6 Å². The van der Waals surface area contributed by atoms with E-state index in [9.17, 15) is 0 Å². The van der Waals surface area contributed by atoms with E-state index >= 15 is 0 Å². The van der Waals surface area contributed by atoms with Gasteiger partial charge in [0.25, 0.3) is 0 Å². The van der Waals surface area contributed by atoms with Crippen molar-refractivity contribution in [2.45, 2.75) is 25.8 Å². The van der Waals surface area contributed by atoms with Gasteiger partial charge >= 0.3 is 0 Å². The van der Waals surface area contributed by atoms with Crippen molar-refractivity contribution < 1.29 is 0 Å².